The molecule has 2 aromatic carbocycles. The van der Waals surface area contributed by atoms with Crippen LogP contribution in [0.15, 0.2) is 59.6 Å². The molecular formula is C23H24N2O3S. The lowest BCUT2D eigenvalue weighted by molar-refractivity contribution is -0.129. The summed E-state index contributed by atoms with van der Waals surface area (Å²) >= 11 is 1.57. The van der Waals surface area contributed by atoms with Gasteiger partial charge in [0.2, 0.25) is 5.91 Å². The van der Waals surface area contributed by atoms with Crippen LogP contribution in [0.1, 0.15) is 24.4 Å². The zero-order chi connectivity index (χ0) is 20.2. The molecule has 0 N–H and O–H groups in total. The molecule has 1 atom stereocenters. The van der Waals surface area contributed by atoms with E-state index in [1.54, 1.807) is 32.2 Å². The summed E-state index contributed by atoms with van der Waals surface area (Å²) < 4.78 is 10.9. The van der Waals surface area contributed by atoms with Gasteiger partial charge in [-0.05, 0) is 43.2 Å². The number of benzene rings is 2. The van der Waals surface area contributed by atoms with Crippen LogP contribution >= 0.6 is 11.8 Å². The molecule has 1 aromatic heterocycles. The number of thioether (sulfide) groups is 1. The number of hydrogen-bond acceptors (Lipinski definition) is 5. The van der Waals surface area contributed by atoms with Gasteiger partial charge in [0.05, 0.1) is 31.5 Å². The van der Waals surface area contributed by atoms with E-state index in [4.69, 9.17) is 9.47 Å². The molecule has 1 aliphatic heterocycles. The van der Waals surface area contributed by atoms with Gasteiger partial charge in [-0.25, -0.2) is 0 Å². The maximum Gasteiger partial charge on any atom is 0.233 e. The van der Waals surface area contributed by atoms with Gasteiger partial charge in [0.15, 0.2) is 0 Å². The lowest BCUT2D eigenvalue weighted by Crippen LogP contribution is -2.32. The zero-order valence-electron chi connectivity index (χ0n) is 16.6. The number of aromatic nitrogens is 1. The van der Waals surface area contributed by atoms with Crippen LogP contribution in [0.25, 0.3) is 10.9 Å². The fraction of sp³-hybridized carbons (Fsp3) is 0.304. The minimum atomic E-state index is 0.0161. The second-order valence-electron chi connectivity index (χ2n) is 6.97. The van der Waals surface area contributed by atoms with Gasteiger partial charge in [0, 0.05) is 28.6 Å². The van der Waals surface area contributed by atoms with Crippen molar-refractivity contribution in [3.8, 4) is 11.5 Å². The third kappa shape index (κ3) is 4.03. The number of ether oxygens (including phenoxy) is 2. The highest BCUT2D eigenvalue weighted by Gasteiger charge is 2.32. The maximum absolute atomic E-state index is 13.1. The molecule has 0 radical (unpaired) electrons. The number of amides is 1. The molecular weight excluding hydrogens is 384 g/mol. The van der Waals surface area contributed by atoms with Crippen molar-refractivity contribution < 1.29 is 14.3 Å². The maximum atomic E-state index is 13.1. The molecule has 0 spiro atoms. The third-order valence-electron chi connectivity index (χ3n) is 5.33. The number of likely N-dealkylation sites (tertiary alicyclic amines) is 1. The van der Waals surface area contributed by atoms with Gasteiger partial charge >= 0.3 is 0 Å². The smallest absolute Gasteiger partial charge is 0.233 e. The first-order chi connectivity index (χ1) is 14.2. The average molecular weight is 409 g/mol. The normalized spacial score (nSPS) is 16.2. The van der Waals surface area contributed by atoms with Crippen LogP contribution in [0, 0.1) is 0 Å². The molecule has 6 heteroatoms. The molecule has 150 valence electrons. The fourth-order valence-electron chi connectivity index (χ4n) is 3.91. The molecule has 1 amide bonds. The van der Waals surface area contributed by atoms with Crippen molar-refractivity contribution in [2.24, 2.45) is 0 Å². The summed E-state index contributed by atoms with van der Waals surface area (Å²) in [6.07, 6.45) is 3.71. The first kappa shape index (κ1) is 19.6. The van der Waals surface area contributed by atoms with Crippen molar-refractivity contribution in [1.82, 2.24) is 9.88 Å². The Balaban J connectivity index is 1.53. The van der Waals surface area contributed by atoms with E-state index in [9.17, 15) is 4.79 Å². The van der Waals surface area contributed by atoms with Crippen LogP contribution in [0.2, 0.25) is 0 Å². The second-order valence-corrected chi connectivity index (χ2v) is 7.99. The summed E-state index contributed by atoms with van der Waals surface area (Å²) in [6.45, 7) is 0.765. The number of carbonyl (C=O) groups excluding carboxylic acids is 1. The van der Waals surface area contributed by atoms with Gasteiger partial charge in [0.25, 0.3) is 0 Å². The Labute approximate surface area is 175 Å². The van der Waals surface area contributed by atoms with Crippen molar-refractivity contribution >= 4 is 28.6 Å². The Morgan fingerprint density at radius 1 is 1.17 bits per heavy atom. The summed E-state index contributed by atoms with van der Waals surface area (Å²) in [4.78, 5) is 20.6. The Hall–Kier alpha value is -2.73. The van der Waals surface area contributed by atoms with Crippen molar-refractivity contribution in [1.29, 1.82) is 0 Å². The van der Waals surface area contributed by atoms with E-state index >= 15 is 0 Å². The molecule has 5 nitrogen and oxygen atoms in total. The Morgan fingerprint density at radius 2 is 2.03 bits per heavy atom. The molecule has 3 aromatic rings. The SMILES string of the molecule is COc1ccc(OC)c(C2CCCN2C(=O)CSc2ccnc3ccccc23)c1. The van der Waals surface area contributed by atoms with E-state index in [0.717, 1.165) is 52.2 Å². The number of nitrogens with zero attached hydrogens (tertiary/aromatic N) is 2. The molecule has 0 bridgehead atoms. The van der Waals surface area contributed by atoms with Gasteiger partial charge in [0.1, 0.15) is 11.5 Å². The van der Waals surface area contributed by atoms with Gasteiger partial charge in [-0.3, -0.25) is 9.78 Å². The predicted molar refractivity (Wildman–Crippen MR) is 116 cm³/mol. The van der Waals surface area contributed by atoms with Crippen LogP contribution in [0.5, 0.6) is 11.5 Å². The fourth-order valence-corrected chi connectivity index (χ4v) is 4.84. The summed E-state index contributed by atoms with van der Waals surface area (Å²) in [7, 11) is 3.32. The molecule has 1 unspecified atom stereocenters. The minimum Gasteiger partial charge on any atom is -0.497 e. The van der Waals surface area contributed by atoms with E-state index in [2.05, 4.69) is 11.1 Å². The Morgan fingerprint density at radius 3 is 2.86 bits per heavy atom. The molecule has 0 saturated carbocycles. The van der Waals surface area contributed by atoms with Gasteiger partial charge in [-0.1, -0.05) is 18.2 Å². The standard InChI is InChI=1S/C23H24N2O3S/c1-27-16-9-10-21(28-2)18(14-16)20-8-5-13-25(20)23(26)15-29-22-11-12-24-19-7-4-3-6-17(19)22/h3-4,6-7,9-12,14,20H,5,8,13,15H2,1-2H3. The number of para-hydroxylation sites is 1. The van der Waals surface area contributed by atoms with Crippen molar-refractivity contribution in [3.05, 3.63) is 60.3 Å². The summed E-state index contributed by atoms with van der Waals surface area (Å²) in [5, 5.41) is 1.08. The highest BCUT2D eigenvalue weighted by atomic mass is 32.2. The summed E-state index contributed by atoms with van der Waals surface area (Å²) in [5.41, 5.74) is 1.96. The molecule has 29 heavy (non-hydrogen) atoms. The van der Waals surface area contributed by atoms with Crippen molar-refractivity contribution in [3.63, 3.8) is 0 Å². The molecule has 1 fully saturated rings. The lowest BCUT2D eigenvalue weighted by atomic mass is 10.0. The second kappa shape index (κ2) is 8.74. The Kier molecular flexibility index (Phi) is 5.90. The molecule has 4 rings (SSSR count). The van der Waals surface area contributed by atoms with Gasteiger partial charge in [-0.15, -0.1) is 11.8 Å². The minimum absolute atomic E-state index is 0.0161. The number of fused-ring (bicyclic) bond motifs is 1. The first-order valence-corrected chi connectivity index (χ1v) is 10.7. The predicted octanol–water partition coefficient (Wildman–Crippen LogP) is 4.71. The van der Waals surface area contributed by atoms with E-state index in [0.29, 0.717) is 5.75 Å². The Bertz CT molecular complexity index is 1020. The topological polar surface area (TPSA) is 51.7 Å². The van der Waals surface area contributed by atoms with Crippen LogP contribution in [-0.4, -0.2) is 42.3 Å². The number of methoxy groups -OCH3 is 2. The third-order valence-corrected chi connectivity index (χ3v) is 6.39. The quantitative estimate of drug-likeness (QED) is 0.553. The van der Waals surface area contributed by atoms with Gasteiger partial charge in [-0.2, -0.15) is 0 Å². The number of pyridine rings is 1. The average Bonchev–Trinajstić information content (AvgIpc) is 3.26. The first-order valence-electron chi connectivity index (χ1n) is 9.69. The molecule has 1 saturated heterocycles. The number of hydrogen-bond donors (Lipinski definition) is 0. The number of rotatable bonds is 6. The monoisotopic (exact) mass is 408 g/mol. The lowest BCUT2D eigenvalue weighted by Gasteiger charge is -2.26. The highest BCUT2D eigenvalue weighted by Crippen LogP contribution is 2.39. The van der Waals surface area contributed by atoms with E-state index in [1.807, 2.05) is 47.4 Å². The van der Waals surface area contributed by atoms with Crippen molar-refractivity contribution in [2.75, 3.05) is 26.5 Å². The summed E-state index contributed by atoms with van der Waals surface area (Å²) in [5.74, 6) is 2.11. The van der Waals surface area contributed by atoms with Crippen molar-refractivity contribution in [2.45, 2.75) is 23.8 Å². The number of carbonyl (C=O) groups is 1. The highest BCUT2D eigenvalue weighted by molar-refractivity contribution is 8.00. The largest absolute Gasteiger partial charge is 0.497 e. The van der Waals surface area contributed by atoms with E-state index < -0.39 is 0 Å². The van der Waals surface area contributed by atoms with Crippen LogP contribution in [0.3, 0.4) is 0 Å². The zero-order valence-corrected chi connectivity index (χ0v) is 17.4. The summed E-state index contributed by atoms with van der Waals surface area (Å²) in [6, 6.07) is 15.8. The molecule has 0 aliphatic carbocycles. The van der Waals surface area contributed by atoms with Crippen LogP contribution < -0.4 is 9.47 Å². The van der Waals surface area contributed by atoms with Crippen LogP contribution in [0.4, 0.5) is 0 Å². The van der Waals surface area contributed by atoms with E-state index in [-0.39, 0.29) is 11.9 Å². The molecule has 2 heterocycles. The van der Waals surface area contributed by atoms with Crippen LogP contribution in [-0.2, 0) is 4.79 Å². The van der Waals surface area contributed by atoms with E-state index in [1.165, 1.54) is 0 Å². The molecule has 1 aliphatic rings. The van der Waals surface area contributed by atoms with Gasteiger partial charge < -0.3 is 14.4 Å².